The van der Waals surface area contributed by atoms with Gasteiger partial charge in [0, 0.05) is 6.17 Å². The standard InChI is InChI=1S/C18H35NOSi3/c1-9-21(20-23(7,8)18(2,3)4)15-19-16-22(5,6)17-13-11-10-12-14-17/h9-14,19,21H,1,15-16H2,2-8H3. The Kier molecular flexibility index (Phi) is 7.22. The summed E-state index contributed by atoms with van der Waals surface area (Å²) in [5.74, 6) is 0. The van der Waals surface area contributed by atoms with Crippen molar-refractivity contribution in [2.24, 2.45) is 0 Å². The second kappa shape index (κ2) is 8.07. The molecule has 1 unspecified atom stereocenters. The molecule has 0 spiro atoms. The monoisotopic (exact) mass is 365 g/mol. The molecule has 0 fully saturated rings. The quantitative estimate of drug-likeness (QED) is 0.709. The zero-order chi connectivity index (χ0) is 17.7. The molecular formula is C18H35NOSi3. The van der Waals surface area contributed by atoms with Gasteiger partial charge in [-0.15, -0.1) is 6.58 Å². The molecule has 1 aromatic carbocycles. The van der Waals surface area contributed by atoms with E-state index < -0.39 is 25.4 Å². The molecule has 0 amide bonds. The zero-order valence-electron chi connectivity index (χ0n) is 16.1. The smallest absolute Gasteiger partial charge is 0.201 e. The highest BCUT2D eigenvalue weighted by Crippen LogP contribution is 2.36. The van der Waals surface area contributed by atoms with E-state index in [-0.39, 0.29) is 5.04 Å². The predicted octanol–water partition coefficient (Wildman–Crippen LogP) is 3.74. The molecule has 130 valence electrons. The van der Waals surface area contributed by atoms with Crippen LogP contribution in [0.3, 0.4) is 0 Å². The Morgan fingerprint density at radius 3 is 2.17 bits per heavy atom. The first-order valence-electron chi connectivity index (χ1n) is 8.56. The molecule has 0 aliphatic carbocycles. The van der Waals surface area contributed by atoms with Gasteiger partial charge in [-0.25, -0.2) is 0 Å². The Bertz CT molecular complexity index is 495. The molecule has 1 N–H and O–H groups in total. The van der Waals surface area contributed by atoms with E-state index in [1.807, 2.05) is 0 Å². The number of hydrogen-bond acceptors (Lipinski definition) is 2. The van der Waals surface area contributed by atoms with E-state index in [9.17, 15) is 0 Å². The Morgan fingerprint density at radius 1 is 1.13 bits per heavy atom. The lowest BCUT2D eigenvalue weighted by atomic mass is 10.2. The van der Waals surface area contributed by atoms with Crippen LogP contribution in [0.4, 0.5) is 0 Å². The molecule has 0 saturated heterocycles. The first-order chi connectivity index (χ1) is 10.5. The fourth-order valence-electron chi connectivity index (χ4n) is 2.25. The highest BCUT2D eigenvalue weighted by molar-refractivity contribution is 6.90. The molecule has 23 heavy (non-hydrogen) atoms. The summed E-state index contributed by atoms with van der Waals surface area (Å²) >= 11 is 0. The number of hydrogen-bond donors (Lipinski definition) is 1. The molecule has 0 aliphatic heterocycles. The van der Waals surface area contributed by atoms with Crippen molar-refractivity contribution < 1.29 is 4.12 Å². The van der Waals surface area contributed by atoms with E-state index in [1.165, 1.54) is 5.19 Å². The molecule has 0 radical (unpaired) electrons. The average molecular weight is 366 g/mol. The van der Waals surface area contributed by atoms with Crippen LogP contribution in [0, 0.1) is 0 Å². The Balaban J connectivity index is 2.57. The first-order valence-corrected chi connectivity index (χ1v) is 16.6. The maximum Gasteiger partial charge on any atom is 0.201 e. The van der Waals surface area contributed by atoms with E-state index in [0.717, 1.165) is 12.3 Å². The van der Waals surface area contributed by atoms with Crippen molar-refractivity contribution in [2.75, 3.05) is 12.3 Å². The molecule has 1 aromatic rings. The van der Waals surface area contributed by atoms with Crippen LogP contribution in [0.15, 0.2) is 42.6 Å². The minimum absolute atomic E-state index is 0.263. The lowest BCUT2D eigenvalue weighted by Gasteiger charge is -2.39. The Morgan fingerprint density at radius 2 is 1.70 bits per heavy atom. The molecule has 0 heterocycles. The highest BCUT2D eigenvalue weighted by Gasteiger charge is 2.38. The van der Waals surface area contributed by atoms with E-state index >= 15 is 0 Å². The van der Waals surface area contributed by atoms with Gasteiger partial charge in [0.05, 0.1) is 8.07 Å². The predicted molar refractivity (Wildman–Crippen MR) is 112 cm³/mol. The summed E-state index contributed by atoms with van der Waals surface area (Å²) in [6.07, 6.45) is 2.08. The fourth-order valence-corrected chi connectivity index (χ4v) is 10.4. The number of benzene rings is 1. The van der Waals surface area contributed by atoms with Crippen LogP contribution in [0.25, 0.3) is 0 Å². The lowest BCUT2D eigenvalue weighted by Crippen LogP contribution is -2.53. The molecule has 5 heteroatoms. The number of nitrogens with one attached hydrogen (secondary N) is 1. The van der Waals surface area contributed by atoms with Crippen molar-refractivity contribution in [3.8, 4) is 0 Å². The minimum Gasteiger partial charge on any atom is -0.453 e. The molecule has 0 bridgehead atoms. The molecular weight excluding hydrogens is 330 g/mol. The Hall–Kier alpha value is -0.469. The lowest BCUT2D eigenvalue weighted by molar-refractivity contribution is 0.502. The summed E-state index contributed by atoms with van der Waals surface area (Å²) in [6, 6.07) is 10.9. The minimum atomic E-state index is -1.69. The maximum absolute atomic E-state index is 6.58. The Labute approximate surface area is 147 Å². The normalized spacial score (nSPS) is 14.6. The van der Waals surface area contributed by atoms with Gasteiger partial charge < -0.3 is 9.43 Å². The SMILES string of the molecule is C=C[SiH](CNC[Si](C)(C)c1ccccc1)O[Si](C)(C)C(C)(C)C. The van der Waals surface area contributed by atoms with Gasteiger partial charge in [0.2, 0.25) is 9.04 Å². The summed E-state index contributed by atoms with van der Waals surface area (Å²) in [4.78, 5) is 0. The maximum atomic E-state index is 6.58. The van der Waals surface area contributed by atoms with Gasteiger partial charge in [0.1, 0.15) is 0 Å². The molecule has 0 aliphatic rings. The van der Waals surface area contributed by atoms with Crippen LogP contribution in [-0.2, 0) is 4.12 Å². The van der Waals surface area contributed by atoms with Gasteiger partial charge >= 0.3 is 0 Å². The molecule has 0 saturated carbocycles. The second-order valence-electron chi connectivity index (χ2n) is 8.53. The van der Waals surface area contributed by atoms with Crippen LogP contribution in [0.1, 0.15) is 20.8 Å². The third-order valence-corrected chi connectivity index (χ3v) is 16.4. The van der Waals surface area contributed by atoms with E-state index in [4.69, 9.17) is 4.12 Å². The largest absolute Gasteiger partial charge is 0.453 e. The third-order valence-electron chi connectivity index (χ3n) is 4.98. The van der Waals surface area contributed by atoms with Gasteiger partial charge in [-0.3, -0.25) is 0 Å². The van der Waals surface area contributed by atoms with Crippen molar-refractivity contribution in [1.82, 2.24) is 5.32 Å². The third kappa shape index (κ3) is 6.15. The van der Waals surface area contributed by atoms with Crippen LogP contribution in [0.2, 0.25) is 31.2 Å². The van der Waals surface area contributed by atoms with Gasteiger partial charge in [0.15, 0.2) is 8.32 Å². The summed E-state index contributed by atoms with van der Waals surface area (Å²) < 4.78 is 6.58. The van der Waals surface area contributed by atoms with Crippen molar-refractivity contribution in [3.05, 3.63) is 42.6 Å². The zero-order valence-corrected chi connectivity index (χ0v) is 19.2. The second-order valence-corrected chi connectivity index (χ2v) is 20.7. The molecule has 1 atom stereocenters. The molecule has 1 rings (SSSR count). The van der Waals surface area contributed by atoms with Crippen molar-refractivity contribution in [1.29, 1.82) is 0 Å². The van der Waals surface area contributed by atoms with Crippen molar-refractivity contribution >= 4 is 30.6 Å². The molecule has 0 aromatic heterocycles. The highest BCUT2D eigenvalue weighted by atomic mass is 28.4. The van der Waals surface area contributed by atoms with E-state index in [1.54, 1.807) is 0 Å². The van der Waals surface area contributed by atoms with Crippen molar-refractivity contribution in [2.45, 2.75) is 52.0 Å². The average Bonchev–Trinajstić information content (AvgIpc) is 2.45. The van der Waals surface area contributed by atoms with E-state index in [0.29, 0.717) is 0 Å². The van der Waals surface area contributed by atoms with E-state index in [2.05, 4.69) is 94.9 Å². The molecule has 2 nitrogen and oxygen atoms in total. The van der Waals surface area contributed by atoms with Crippen LogP contribution < -0.4 is 10.5 Å². The topological polar surface area (TPSA) is 21.3 Å². The van der Waals surface area contributed by atoms with Crippen LogP contribution >= 0.6 is 0 Å². The van der Waals surface area contributed by atoms with Gasteiger partial charge in [-0.2, -0.15) is 0 Å². The summed E-state index contributed by atoms with van der Waals surface area (Å²) in [5, 5.41) is 5.47. The first kappa shape index (κ1) is 20.6. The fraction of sp³-hybridized carbons (Fsp3) is 0.556. The van der Waals surface area contributed by atoms with Crippen LogP contribution in [0.5, 0.6) is 0 Å². The summed E-state index contributed by atoms with van der Waals surface area (Å²) in [6.45, 7) is 20.4. The van der Waals surface area contributed by atoms with Gasteiger partial charge in [-0.05, 0) is 24.3 Å². The number of rotatable bonds is 8. The van der Waals surface area contributed by atoms with Gasteiger partial charge in [0.25, 0.3) is 0 Å². The summed E-state index contributed by atoms with van der Waals surface area (Å²) in [7, 11) is -4.49. The van der Waals surface area contributed by atoms with Gasteiger partial charge in [-0.1, -0.05) is 75.1 Å². The van der Waals surface area contributed by atoms with Crippen molar-refractivity contribution in [3.63, 3.8) is 0 Å². The summed E-state index contributed by atoms with van der Waals surface area (Å²) in [5.41, 5.74) is 2.09. The van der Waals surface area contributed by atoms with Crippen LogP contribution in [-0.4, -0.2) is 37.8 Å².